The molecule has 1 saturated heterocycles. The standard InChI is InChI=1S/C23H24FN3O3/c1-14-5-8-20-25-22(16-6-7-18(24)15(2)10-16)19(27(20)12-14)11-21(28)26-9-3-4-17(13-26)23(29)30/h5-8,10,12,17H,3-4,9,11,13H2,1-2H3,(H,29,30). The normalized spacial score (nSPS) is 16.8. The number of carboxylic acids is 1. The molecule has 7 heteroatoms. The maximum absolute atomic E-state index is 13.8. The van der Waals surface area contributed by atoms with Gasteiger partial charge in [-0.25, -0.2) is 9.37 Å². The van der Waals surface area contributed by atoms with Gasteiger partial charge in [0.15, 0.2) is 0 Å². The van der Waals surface area contributed by atoms with Crippen molar-refractivity contribution in [3.8, 4) is 11.3 Å². The topological polar surface area (TPSA) is 74.9 Å². The molecule has 1 amide bonds. The lowest BCUT2D eigenvalue weighted by atomic mass is 9.97. The van der Waals surface area contributed by atoms with Crippen LogP contribution in [0.3, 0.4) is 0 Å². The average molecular weight is 409 g/mol. The van der Waals surface area contributed by atoms with E-state index in [4.69, 9.17) is 4.98 Å². The van der Waals surface area contributed by atoms with Crippen molar-refractivity contribution in [2.75, 3.05) is 13.1 Å². The number of aromatic nitrogens is 2. The summed E-state index contributed by atoms with van der Waals surface area (Å²) in [6.45, 7) is 4.45. The first-order chi connectivity index (χ1) is 14.3. The van der Waals surface area contributed by atoms with Gasteiger partial charge in [-0.1, -0.05) is 6.07 Å². The largest absolute Gasteiger partial charge is 0.481 e. The van der Waals surface area contributed by atoms with Gasteiger partial charge in [0.1, 0.15) is 11.5 Å². The quantitative estimate of drug-likeness (QED) is 0.714. The number of halogens is 1. The van der Waals surface area contributed by atoms with Crippen molar-refractivity contribution in [1.29, 1.82) is 0 Å². The summed E-state index contributed by atoms with van der Waals surface area (Å²) < 4.78 is 15.7. The number of nitrogens with zero attached hydrogens (tertiary/aromatic N) is 3. The van der Waals surface area contributed by atoms with Gasteiger partial charge in [-0.3, -0.25) is 9.59 Å². The Morgan fingerprint density at radius 1 is 1.23 bits per heavy atom. The Hall–Kier alpha value is -3.22. The molecule has 3 aromatic rings. The van der Waals surface area contributed by atoms with E-state index in [9.17, 15) is 19.1 Å². The second-order valence-electron chi connectivity index (χ2n) is 8.00. The summed E-state index contributed by atoms with van der Waals surface area (Å²) in [5.41, 5.74) is 4.37. The first-order valence-corrected chi connectivity index (χ1v) is 10.1. The molecule has 1 N–H and O–H groups in total. The molecule has 156 valence electrons. The molecule has 1 aliphatic rings. The Labute approximate surface area is 174 Å². The molecule has 4 rings (SSSR count). The molecule has 3 heterocycles. The number of hydrogen-bond acceptors (Lipinski definition) is 3. The van der Waals surface area contributed by atoms with Gasteiger partial charge in [0, 0.05) is 24.8 Å². The van der Waals surface area contributed by atoms with E-state index in [0.717, 1.165) is 16.8 Å². The minimum absolute atomic E-state index is 0.0999. The number of likely N-dealkylation sites (tertiary alicyclic amines) is 1. The summed E-state index contributed by atoms with van der Waals surface area (Å²) in [6.07, 6.45) is 3.30. The van der Waals surface area contributed by atoms with E-state index in [0.29, 0.717) is 36.3 Å². The van der Waals surface area contributed by atoms with Crippen LogP contribution in [-0.2, 0) is 16.0 Å². The van der Waals surface area contributed by atoms with E-state index in [2.05, 4.69) is 0 Å². The van der Waals surface area contributed by atoms with E-state index in [1.54, 1.807) is 24.0 Å². The molecular formula is C23H24FN3O3. The van der Waals surface area contributed by atoms with Crippen LogP contribution in [0.2, 0.25) is 0 Å². The lowest BCUT2D eigenvalue weighted by molar-refractivity contribution is -0.145. The van der Waals surface area contributed by atoms with Crippen LogP contribution in [0.1, 0.15) is 29.7 Å². The number of amides is 1. The highest BCUT2D eigenvalue weighted by atomic mass is 19.1. The van der Waals surface area contributed by atoms with Gasteiger partial charge >= 0.3 is 5.97 Å². The summed E-state index contributed by atoms with van der Waals surface area (Å²) in [5, 5.41) is 9.32. The van der Waals surface area contributed by atoms with Gasteiger partial charge in [-0.2, -0.15) is 0 Å². The van der Waals surface area contributed by atoms with E-state index in [1.807, 2.05) is 29.7 Å². The third-order valence-corrected chi connectivity index (χ3v) is 5.74. The van der Waals surface area contributed by atoms with Crippen molar-refractivity contribution in [2.24, 2.45) is 5.92 Å². The van der Waals surface area contributed by atoms with E-state index < -0.39 is 11.9 Å². The molecule has 2 aromatic heterocycles. The van der Waals surface area contributed by atoms with E-state index >= 15 is 0 Å². The van der Waals surface area contributed by atoms with Crippen molar-refractivity contribution in [3.63, 3.8) is 0 Å². The van der Waals surface area contributed by atoms with Crippen LogP contribution in [0.4, 0.5) is 4.39 Å². The SMILES string of the molecule is Cc1ccc2nc(-c3ccc(F)c(C)c3)c(CC(=O)N3CCCC(C(=O)O)C3)n2c1. The highest BCUT2D eigenvalue weighted by Gasteiger charge is 2.29. The maximum atomic E-state index is 13.8. The fourth-order valence-electron chi connectivity index (χ4n) is 4.05. The van der Waals surface area contributed by atoms with Crippen LogP contribution in [0.25, 0.3) is 16.9 Å². The number of aryl methyl sites for hydroxylation is 2. The summed E-state index contributed by atoms with van der Waals surface area (Å²) in [7, 11) is 0. The number of fused-ring (bicyclic) bond motifs is 1. The van der Waals surface area contributed by atoms with Gasteiger partial charge in [-0.05, 0) is 62.1 Å². The van der Waals surface area contributed by atoms with Crippen LogP contribution in [0.5, 0.6) is 0 Å². The molecule has 1 atom stereocenters. The Kier molecular flexibility index (Phi) is 5.28. The molecule has 1 aliphatic heterocycles. The van der Waals surface area contributed by atoms with Crippen molar-refractivity contribution in [3.05, 3.63) is 59.2 Å². The van der Waals surface area contributed by atoms with Gasteiger partial charge in [0.2, 0.25) is 5.91 Å². The third-order valence-electron chi connectivity index (χ3n) is 5.74. The Morgan fingerprint density at radius 2 is 2.03 bits per heavy atom. The average Bonchev–Trinajstić information content (AvgIpc) is 3.07. The number of rotatable bonds is 4. The molecule has 0 bridgehead atoms. The maximum Gasteiger partial charge on any atom is 0.308 e. The highest BCUT2D eigenvalue weighted by Crippen LogP contribution is 2.28. The molecule has 1 unspecified atom stereocenters. The zero-order valence-corrected chi connectivity index (χ0v) is 17.1. The molecule has 0 saturated carbocycles. The second kappa shape index (κ2) is 7.89. The lowest BCUT2D eigenvalue weighted by Gasteiger charge is -2.30. The minimum atomic E-state index is -0.861. The number of carbonyl (C=O) groups is 2. The monoisotopic (exact) mass is 409 g/mol. The lowest BCUT2D eigenvalue weighted by Crippen LogP contribution is -2.43. The van der Waals surface area contributed by atoms with E-state index in [1.165, 1.54) is 6.07 Å². The summed E-state index contributed by atoms with van der Waals surface area (Å²) in [6, 6.07) is 8.67. The van der Waals surface area contributed by atoms with Crippen molar-refractivity contribution in [1.82, 2.24) is 14.3 Å². The number of hydrogen-bond donors (Lipinski definition) is 1. The predicted molar refractivity (Wildman–Crippen MR) is 111 cm³/mol. The van der Waals surface area contributed by atoms with Gasteiger partial charge in [0.25, 0.3) is 0 Å². The molecule has 6 nitrogen and oxygen atoms in total. The Morgan fingerprint density at radius 3 is 2.77 bits per heavy atom. The number of benzene rings is 1. The zero-order valence-electron chi connectivity index (χ0n) is 17.1. The molecular weight excluding hydrogens is 385 g/mol. The molecule has 0 radical (unpaired) electrons. The number of aliphatic carboxylic acids is 1. The van der Waals surface area contributed by atoms with Gasteiger partial charge in [0.05, 0.1) is 23.7 Å². The Balaban J connectivity index is 1.73. The first-order valence-electron chi connectivity index (χ1n) is 10.1. The van der Waals surface area contributed by atoms with Gasteiger partial charge < -0.3 is 14.4 Å². The van der Waals surface area contributed by atoms with Crippen molar-refractivity contribution < 1.29 is 19.1 Å². The predicted octanol–water partition coefficient (Wildman–Crippen LogP) is 3.62. The van der Waals surface area contributed by atoms with Crippen LogP contribution < -0.4 is 0 Å². The minimum Gasteiger partial charge on any atom is -0.481 e. The number of imidazole rings is 1. The molecule has 30 heavy (non-hydrogen) atoms. The first kappa shape index (κ1) is 20.1. The number of carboxylic acid groups (broad SMARTS) is 1. The fraction of sp³-hybridized carbons (Fsp3) is 0.348. The molecule has 0 spiro atoms. The van der Waals surface area contributed by atoms with Crippen LogP contribution >= 0.6 is 0 Å². The summed E-state index contributed by atoms with van der Waals surface area (Å²) in [4.78, 5) is 30.8. The number of carbonyl (C=O) groups excluding carboxylic acids is 1. The second-order valence-corrected chi connectivity index (χ2v) is 8.00. The molecule has 0 aliphatic carbocycles. The third kappa shape index (κ3) is 3.79. The number of pyridine rings is 1. The van der Waals surface area contributed by atoms with Crippen LogP contribution in [0.15, 0.2) is 36.5 Å². The van der Waals surface area contributed by atoms with Crippen LogP contribution in [0, 0.1) is 25.6 Å². The fourth-order valence-corrected chi connectivity index (χ4v) is 4.05. The molecule has 1 fully saturated rings. The van der Waals surface area contributed by atoms with Crippen molar-refractivity contribution >= 4 is 17.5 Å². The summed E-state index contributed by atoms with van der Waals surface area (Å²) in [5.74, 6) is -1.79. The van der Waals surface area contributed by atoms with Crippen molar-refractivity contribution in [2.45, 2.75) is 33.1 Å². The van der Waals surface area contributed by atoms with E-state index in [-0.39, 0.29) is 24.7 Å². The smallest absolute Gasteiger partial charge is 0.308 e. The zero-order chi connectivity index (χ0) is 21.4. The van der Waals surface area contributed by atoms with Gasteiger partial charge in [-0.15, -0.1) is 0 Å². The number of piperidine rings is 1. The highest BCUT2D eigenvalue weighted by molar-refractivity contribution is 5.82. The Bertz CT molecular complexity index is 1140. The van der Waals surface area contributed by atoms with Crippen LogP contribution in [-0.4, -0.2) is 44.4 Å². The molecule has 1 aromatic carbocycles. The summed E-state index contributed by atoms with van der Waals surface area (Å²) >= 11 is 0.